The average Bonchev–Trinajstić information content (AvgIpc) is 1.85. The minimum atomic E-state index is -1.37. The van der Waals surface area contributed by atoms with Crippen LogP contribution in [0.1, 0.15) is 12.8 Å². The van der Waals surface area contributed by atoms with Gasteiger partial charge in [-0.2, -0.15) is 0 Å². The van der Waals surface area contributed by atoms with Gasteiger partial charge >= 0.3 is 88.7 Å². The van der Waals surface area contributed by atoms with Gasteiger partial charge in [-0.15, -0.1) is 5.34 Å². The molecule has 0 radical (unpaired) electrons. The second-order valence-corrected chi connectivity index (χ2v) is 1.32. The maximum absolute atomic E-state index is 9.50. The van der Waals surface area contributed by atoms with Crippen molar-refractivity contribution in [1.29, 1.82) is 0 Å². The first-order valence-corrected chi connectivity index (χ1v) is 2.39. The number of carboxylic acid groups (broad SMARTS) is 2. The van der Waals surface area contributed by atoms with Gasteiger partial charge in [0.15, 0.2) is 0 Å². The summed E-state index contributed by atoms with van der Waals surface area (Å²) in [6, 6.07) is 0. The van der Waals surface area contributed by atoms with Crippen LogP contribution >= 0.6 is 0 Å². The number of aliphatic carboxylic acids is 2. The SMILES string of the molecule is O=C([O-])CCC(=O)[O-].O=N[O-].[Na+].[Na+].[Na+]. The van der Waals surface area contributed by atoms with E-state index in [1.807, 2.05) is 0 Å². The molecule has 0 amide bonds. The fourth-order valence-electron chi connectivity index (χ4n) is 0.204. The molecule has 0 aromatic rings. The van der Waals surface area contributed by atoms with Gasteiger partial charge in [-0.1, -0.05) is 0 Å². The Morgan fingerprint density at radius 1 is 0.929 bits per heavy atom. The van der Waals surface area contributed by atoms with E-state index in [1.165, 1.54) is 0 Å². The molecule has 0 aliphatic heterocycles. The van der Waals surface area contributed by atoms with Crippen LogP contribution < -0.4 is 98.9 Å². The molecule has 0 N–H and O–H groups in total. The summed E-state index contributed by atoms with van der Waals surface area (Å²) in [6.07, 6.45) is -0.940. The van der Waals surface area contributed by atoms with E-state index >= 15 is 0 Å². The van der Waals surface area contributed by atoms with Gasteiger partial charge in [-0.3, -0.25) is 0 Å². The molecule has 0 fully saturated rings. The van der Waals surface area contributed by atoms with Crippen LogP contribution in [0.4, 0.5) is 0 Å². The molecule has 0 aromatic carbocycles. The van der Waals surface area contributed by atoms with Gasteiger partial charge in [-0.25, -0.2) is 0 Å². The summed E-state index contributed by atoms with van der Waals surface area (Å²) in [5.74, 6) is -2.73. The second kappa shape index (κ2) is 23.9. The average molecular weight is 231 g/mol. The van der Waals surface area contributed by atoms with E-state index in [9.17, 15) is 19.8 Å². The maximum Gasteiger partial charge on any atom is 1.00 e. The number of carboxylic acids is 2. The minimum Gasteiger partial charge on any atom is -0.550 e. The molecule has 0 saturated heterocycles. The molecule has 0 atom stereocenters. The predicted octanol–water partition coefficient (Wildman–Crippen LogP) is -11.5. The monoisotopic (exact) mass is 231 g/mol. The zero-order chi connectivity index (χ0) is 9.28. The van der Waals surface area contributed by atoms with Crippen LogP contribution in [0.5, 0.6) is 0 Å². The van der Waals surface area contributed by atoms with Crippen molar-refractivity contribution in [3.8, 4) is 0 Å². The Bertz CT molecular complexity index is 140. The van der Waals surface area contributed by atoms with E-state index in [0.29, 0.717) is 0 Å². The van der Waals surface area contributed by atoms with Gasteiger partial charge < -0.3 is 29.9 Å². The van der Waals surface area contributed by atoms with Crippen molar-refractivity contribution in [3.63, 3.8) is 0 Å². The molecule has 0 rings (SSSR count). The largest absolute Gasteiger partial charge is 1.00 e. The Balaban J connectivity index is -0.0000000405. The number of hydrogen-bond donors (Lipinski definition) is 0. The molecule has 0 aliphatic rings. The summed E-state index contributed by atoms with van der Waals surface area (Å²) in [7, 11) is 0. The van der Waals surface area contributed by atoms with Crippen molar-refractivity contribution in [1.82, 2.24) is 0 Å². The van der Waals surface area contributed by atoms with Crippen LogP contribution in [0, 0.1) is 10.1 Å². The van der Waals surface area contributed by atoms with Crippen molar-refractivity contribution >= 4 is 11.9 Å². The van der Waals surface area contributed by atoms with E-state index in [0.717, 1.165) is 5.34 Å². The van der Waals surface area contributed by atoms with Crippen LogP contribution in [0.25, 0.3) is 0 Å². The van der Waals surface area contributed by atoms with Crippen molar-refractivity contribution < 1.29 is 108 Å². The molecule has 7 nitrogen and oxygen atoms in total. The van der Waals surface area contributed by atoms with Crippen molar-refractivity contribution in [2.24, 2.45) is 5.34 Å². The Morgan fingerprint density at radius 2 is 1.07 bits per heavy atom. The molecular formula is C4H4NNa3O6. The molecule has 0 aromatic heterocycles. The summed E-state index contributed by atoms with van der Waals surface area (Å²) >= 11 is 0. The van der Waals surface area contributed by atoms with Crippen molar-refractivity contribution in [2.75, 3.05) is 0 Å². The van der Waals surface area contributed by atoms with Crippen LogP contribution in [0.3, 0.4) is 0 Å². The summed E-state index contributed by atoms with van der Waals surface area (Å²) in [6.45, 7) is 0. The molecule has 0 unspecified atom stereocenters. The predicted molar refractivity (Wildman–Crippen MR) is 28.4 cm³/mol. The third kappa shape index (κ3) is 50.5. The first-order valence-electron chi connectivity index (χ1n) is 2.39. The first kappa shape index (κ1) is 29.5. The van der Waals surface area contributed by atoms with Crippen molar-refractivity contribution in [3.05, 3.63) is 10.1 Å². The molecule has 64 valence electrons. The summed E-state index contributed by atoms with van der Waals surface area (Å²) in [4.78, 5) is 27.0. The third-order valence-corrected chi connectivity index (χ3v) is 0.533. The molecule has 14 heavy (non-hydrogen) atoms. The Morgan fingerprint density at radius 3 is 1.14 bits per heavy atom. The van der Waals surface area contributed by atoms with Crippen LogP contribution in [0.2, 0.25) is 0 Å². The second-order valence-electron chi connectivity index (χ2n) is 1.32. The maximum atomic E-state index is 9.50. The number of rotatable bonds is 3. The van der Waals surface area contributed by atoms with E-state index in [1.54, 1.807) is 0 Å². The molecule has 10 heteroatoms. The van der Waals surface area contributed by atoms with Gasteiger partial charge in [0.05, 0.1) is 0 Å². The zero-order valence-electron chi connectivity index (χ0n) is 8.31. The fourth-order valence-corrected chi connectivity index (χ4v) is 0.204. The Kier molecular flexibility index (Phi) is 50.3. The van der Waals surface area contributed by atoms with Gasteiger partial charge in [0.1, 0.15) is 0 Å². The molecule has 0 heterocycles. The summed E-state index contributed by atoms with van der Waals surface area (Å²) < 4.78 is 0. The summed E-state index contributed by atoms with van der Waals surface area (Å²) in [5.41, 5.74) is 0. The molecule has 0 spiro atoms. The van der Waals surface area contributed by atoms with Crippen LogP contribution in [0.15, 0.2) is 5.34 Å². The minimum absolute atomic E-state index is 0. The van der Waals surface area contributed by atoms with E-state index in [4.69, 9.17) is 10.1 Å². The van der Waals surface area contributed by atoms with Gasteiger partial charge in [0.25, 0.3) is 0 Å². The summed E-state index contributed by atoms with van der Waals surface area (Å²) in [5, 5.41) is 28.0. The number of carbonyl (C=O) groups is 2. The topological polar surface area (TPSA) is 133 Å². The number of nitrogens with zero attached hydrogens (tertiary/aromatic N) is 1. The first-order chi connectivity index (χ1) is 5.04. The van der Waals surface area contributed by atoms with E-state index < -0.39 is 24.8 Å². The van der Waals surface area contributed by atoms with E-state index in [-0.39, 0.29) is 88.7 Å². The number of carbonyl (C=O) groups excluding carboxylic acids is 2. The molecule has 0 bridgehead atoms. The third-order valence-electron chi connectivity index (χ3n) is 0.533. The number of hydrogen-bond acceptors (Lipinski definition) is 7. The Labute approximate surface area is 146 Å². The molecular weight excluding hydrogens is 227 g/mol. The zero-order valence-corrected chi connectivity index (χ0v) is 14.3. The van der Waals surface area contributed by atoms with Crippen LogP contribution in [-0.2, 0) is 9.59 Å². The van der Waals surface area contributed by atoms with Crippen molar-refractivity contribution in [2.45, 2.75) is 12.8 Å². The van der Waals surface area contributed by atoms with Crippen LogP contribution in [-0.4, -0.2) is 11.9 Å². The fraction of sp³-hybridized carbons (Fsp3) is 0.500. The van der Waals surface area contributed by atoms with Gasteiger partial charge in [0.2, 0.25) is 0 Å². The Hall–Kier alpha value is 1.34. The molecule has 0 saturated carbocycles. The standard InChI is InChI=1S/C4H6O4.HNO2.3Na/c5-3(6)1-2-4(7)8;2-1-3;;;/h1-2H2,(H,5,6)(H,7,8);(H,2,3);;;/q;;3*+1/p-3. The smallest absolute Gasteiger partial charge is 0.550 e. The van der Waals surface area contributed by atoms with Gasteiger partial charge in [0, 0.05) is 11.9 Å². The quantitative estimate of drug-likeness (QED) is 0.269. The van der Waals surface area contributed by atoms with Gasteiger partial charge in [-0.05, 0) is 12.8 Å². The normalized spacial score (nSPS) is 5.71. The molecule has 0 aliphatic carbocycles. The van der Waals surface area contributed by atoms with E-state index in [2.05, 4.69) is 0 Å².